The minimum Gasteiger partial charge on any atom is -0.507 e. The average molecular weight is 865 g/mol. The number of carbonyl (C=O) groups is 8. The number of aromatic hydroxyl groups is 2. The highest BCUT2D eigenvalue weighted by Gasteiger charge is 2.42. The van der Waals surface area contributed by atoms with Crippen LogP contribution in [0, 0.1) is 5.92 Å². The lowest BCUT2D eigenvalue weighted by molar-refractivity contribution is -0.139. The summed E-state index contributed by atoms with van der Waals surface area (Å²) in [6.45, 7) is 5.49. The third-order valence-electron chi connectivity index (χ3n) is 11.2. The van der Waals surface area contributed by atoms with Crippen molar-refractivity contribution in [3.05, 3.63) is 51.6 Å². The summed E-state index contributed by atoms with van der Waals surface area (Å²) in [7, 11) is 3.29. The smallest absolute Gasteiger partial charge is 0.242 e. The highest BCUT2D eigenvalue weighted by Crippen LogP contribution is 2.47. The molecule has 61 heavy (non-hydrogen) atoms. The number of hydrogen-bond acceptors (Lipinski definition) is 13. The standard InChI is InChI=1S/C43H56N6O11S/c1-5-9-24(2)61-30-21-34(53)49(43(30)59)19-14-31(50)46-23-33(52)47-22-32(51)44-15-7-17-48(3)18-8-16-45-42(58)25-12-13-26-28(20-25)40(56)36-37(38(26)54)41(57)35-27(39(36)55)10-6-11-29(35)60-4/h6,10-11,24-25,30,54,56H,5,7-9,12-23H2,1-4H3,(H,44,51)(H,45,58)(H,46,50)(H,47,52). The topological polar surface area (TPSA) is 241 Å². The molecule has 6 N–H and O–H groups in total. The summed E-state index contributed by atoms with van der Waals surface area (Å²) in [6.07, 6.45) is 3.91. The summed E-state index contributed by atoms with van der Waals surface area (Å²) in [5.41, 5.74) is 0.242. The van der Waals surface area contributed by atoms with Crippen LogP contribution in [0.2, 0.25) is 0 Å². The van der Waals surface area contributed by atoms with Gasteiger partial charge in [-0.1, -0.05) is 32.4 Å². The molecule has 2 aromatic carbocycles. The summed E-state index contributed by atoms with van der Waals surface area (Å²) in [6, 6.07) is 4.59. The van der Waals surface area contributed by atoms with Crippen LogP contribution in [-0.4, -0.2) is 137 Å². The second-order valence-corrected chi connectivity index (χ2v) is 17.3. The van der Waals surface area contributed by atoms with E-state index in [1.165, 1.54) is 24.9 Å². The number of rotatable bonds is 21. The number of nitrogens with one attached hydrogen (secondary N) is 4. The number of thioether (sulfide) groups is 1. The Labute approximate surface area is 359 Å². The molecule has 330 valence electrons. The third-order valence-corrected chi connectivity index (χ3v) is 12.6. The molecule has 1 aliphatic heterocycles. The van der Waals surface area contributed by atoms with E-state index in [1.807, 2.05) is 14.0 Å². The maximum atomic E-state index is 13.5. The Morgan fingerprint density at radius 3 is 2.20 bits per heavy atom. The molecule has 0 bridgehead atoms. The molecule has 18 heteroatoms. The minimum absolute atomic E-state index is 0.0370. The van der Waals surface area contributed by atoms with Crippen molar-refractivity contribution < 1.29 is 53.3 Å². The first-order chi connectivity index (χ1) is 29.2. The van der Waals surface area contributed by atoms with Gasteiger partial charge in [-0.05, 0) is 64.7 Å². The van der Waals surface area contributed by atoms with Gasteiger partial charge in [0.1, 0.15) is 17.2 Å². The third kappa shape index (κ3) is 11.3. The van der Waals surface area contributed by atoms with Crippen molar-refractivity contribution in [3.8, 4) is 17.2 Å². The minimum atomic E-state index is -0.610. The lowest BCUT2D eigenvalue weighted by Crippen LogP contribution is -2.43. The predicted molar refractivity (Wildman–Crippen MR) is 226 cm³/mol. The largest absolute Gasteiger partial charge is 0.507 e. The molecule has 0 spiro atoms. The van der Waals surface area contributed by atoms with Crippen molar-refractivity contribution in [2.75, 3.05) is 60.0 Å². The molecule has 0 aromatic heterocycles. The average Bonchev–Trinajstić information content (AvgIpc) is 3.51. The van der Waals surface area contributed by atoms with Crippen molar-refractivity contribution in [2.45, 2.75) is 82.1 Å². The SMILES string of the molecule is CCCC(C)SC1CC(=O)N(CCC(=O)NCC(=O)NCC(=O)NCCCN(C)CCCNC(=O)C2CCc3c(O)c4c(c(O)c3C2)C(=O)c2cccc(OC)c2C4=O)C1=O. The van der Waals surface area contributed by atoms with E-state index in [1.54, 1.807) is 12.1 Å². The van der Waals surface area contributed by atoms with Gasteiger partial charge in [-0.25, -0.2) is 0 Å². The molecule has 3 atom stereocenters. The number of ether oxygens (including phenoxy) is 1. The number of nitrogens with zero attached hydrogens (tertiary/aromatic N) is 2. The molecular formula is C43H56N6O11S. The Hall–Kier alpha value is -5.49. The molecule has 1 saturated heterocycles. The lowest BCUT2D eigenvalue weighted by atomic mass is 9.75. The van der Waals surface area contributed by atoms with E-state index in [0.29, 0.717) is 51.0 Å². The zero-order valence-electron chi connectivity index (χ0n) is 35.1. The van der Waals surface area contributed by atoms with Gasteiger partial charge in [-0.3, -0.25) is 43.3 Å². The normalized spacial score (nSPS) is 17.4. The van der Waals surface area contributed by atoms with E-state index in [4.69, 9.17) is 4.74 Å². The van der Waals surface area contributed by atoms with Crippen LogP contribution < -0.4 is 26.0 Å². The number of methoxy groups -OCH3 is 1. The number of carbonyl (C=O) groups excluding carboxylic acids is 8. The van der Waals surface area contributed by atoms with Crippen LogP contribution in [0.3, 0.4) is 0 Å². The van der Waals surface area contributed by atoms with Gasteiger partial charge in [0.2, 0.25) is 41.2 Å². The molecule has 5 rings (SSSR count). The first kappa shape index (κ1) is 46.6. The monoisotopic (exact) mass is 864 g/mol. The van der Waals surface area contributed by atoms with E-state index in [0.717, 1.165) is 17.7 Å². The first-order valence-electron chi connectivity index (χ1n) is 20.8. The van der Waals surface area contributed by atoms with E-state index < -0.39 is 40.5 Å². The summed E-state index contributed by atoms with van der Waals surface area (Å²) < 4.78 is 5.29. The number of amides is 6. The number of benzene rings is 2. The van der Waals surface area contributed by atoms with E-state index in [9.17, 15) is 48.6 Å². The summed E-state index contributed by atoms with van der Waals surface area (Å²) in [5.74, 6) is -4.51. The second-order valence-electron chi connectivity index (χ2n) is 15.7. The summed E-state index contributed by atoms with van der Waals surface area (Å²) >= 11 is 1.48. The van der Waals surface area contributed by atoms with Crippen LogP contribution in [0.15, 0.2) is 18.2 Å². The van der Waals surface area contributed by atoms with Gasteiger partial charge < -0.3 is 41.1 Å². The van der Waals surface area contributed by atoms with Gasteiger partial charge in [0.25, 0.3) is 0 Å². The van der Waals surface area contributed by atoms with Crippen molar-refractivity contribution >= 4 is 58.8 Å². The van der Waals surface area contributed by atoms with Crippen LogP contribution in [0.25, 0.3) is 0 Å². The molecule has 2 aromatic rings. The van der Waals surface area contributed by atoms with E-state index in [2.05, 4.69) is 33.1 Å². The Morgan fingerprint density at radius 2 is 1.51 bits per heavy atom. The van der Waals surface area contributed by atoms with Crippen LogP contribution in [-0.2, 0) is 41.6 Å². The maximum Gasteiger partial charge on any atom is 0.242 e. The van der Waals surface area contributed by atoms with Gasteiger partial charge in [-0.15, -0.1) is 11.8 Å². The lowest BCUT2D eigenvalue weighted by Gasteiger charge is -2.29. The summed E-state index contributed by atoms with van der Waals surface area (Å²) in [4.78, 5) is 105. The molecule has 2 aliphatic carbocycles. The van der Waals surface area contributed by atoms with Crippen molar-refractivity contribution in [2.24, 2.45) is 5.92 Å². The Morgan fingerprint density at radius 1 is 0.869 bits per heavy atom. The Balaban J connectivity index is 0.932. The van der Waals surface area contributed by atoms with Crippen LogP contribution in [0.1, 0.15) is 102 Å². The Bertz CT molecular complexity index is 2060. The van der Waals surface area contributed by atoms with E-state index >= 15 is 0 Å². The fourth-order valence-electron chi connectivity index (χ4n) is 7.96. The number of fused-ring (bicyclic) bond motifs is 3. The van der Waals surface area contributed by atoms with Crippen molar-refractivity contribution in [3.63, 3.8) is 0 Å². The molecule has 0 saturated carbocycles. The molecule has 1 fully saturated rings. The van der Waals surface area contributed by atoms with E-state index in [-0.39, 0.29) is 113 Å². The van der Waals surface area contributed by atoms with Gasteiger partial charge in [0, 0.05) is 60.3 Å². The maximum absolute atomic E-state index is 13.5. The number of likely N-dealkylation sites (tertiary alicyclic amines) is 1. The van der Waals surface area contributed by atoms with Gasteiger partial charge in [0.15, 0.2) is 5.78 Å². The van der Waals surface area contributed by atoms with Crippen molar-refractivity contribution in [1.29, 1.82) is 0 Å². The van der Waals surface area contributed by atoms with Gasteiger partial charge in [-0.2, -0.15) is 0 Å². The van der Waals surface area contributed by atoms with Crippen molar-refractivity contribution in [1.82, 2.24) is 31.1 Å². The highest BCUT2D eigenvalue weighted by molar-refractivity contribution is 8.01. The predicted octanol–water partition coefficient (Wildman–Crippen LogP) is 1.60. The molecule has 3 aliphatic rings. The molecule has 3 unspecified atom stereocenters. The molecule has 6 amide bonds. The molecule has 1 heterocycles. The van der Waals surface area contributed by atoms with Crippen LogP contribution in [0.5, 0.6) is 17.2 Å². The zero-order valence-corrected chi connectivity index (χ0v) is 36.0. The quantitative estimate of drug-likeness (QED) is 0.0508. The van der Waals surface area contributed by atoms with Crippen LogP contribution >= 0.6 is 11.8 Å². The fourth-order valence-corrected chi connectivity index (χ4v) is 9.37. The molecule has 0 radical (unpaired) electrons. The molecular weight excluding hydrogens is 809 g/mol. The van der Waals surface area contributed by atoms with Crippen LogP contribution in [0.4, 0.5) is 0 Å². The Kier molecular flexibility index (Phi) is 16.3. The summed E-state index contributed by atoms with van der Waals surface area (Å²) in [5, 5.41) is 32.9. The number of phenolic OH excluding ortho intramolecular Hbond substituents is 2. The first-order valence-corrected chi connectivity index (χ1v) is 21.7. The number of imide groups is 1. The fraction of sp³-hybridized carbons (Fsp3) is 0.535. The number of ketones is 2. The second kappa shape index (κ2) is 21.3. The number of hydrogen-bond donors (Lipinski definition) is 6. The number of phenols is 2. The van der Waals surface area contributed by atoms with Gasteiger partial charge >= 0.3 is 0 Å². The highest BCUT2D eigenvalue weighted by atomic mass is 32.2. The zero-order chi connectivity index (χ0) is 44.4. The van der Waals surface area contributed by atoms with Gasteiger partial charge in [0.05, 0.1) is 42.1 Å². The molecule has 17 nitrogen and oxygen atoms in total.